The lowest BCUT2D eigenvalue weighted by molar-refractivity contribution is 0.209. The van der Waals surface area contributed by atoms with Crippen LogP contribution in [0, 0.1) is 0 Å². The Morgan fingerprint density at radius 1 is 1.28 bits per heavy atom. The minimum Gasteiger partial charge on any atom is -0.329 e. The van der Waals surface area contributed by atoms with E-state index in [1.807, 2.05) is 18.2 Å². The van der Waals surface area contributed by atoms with E-state index in [9.17, 15) is 0 Å². The number of unbranched alkanes of at least 4 members (excludes halogenated alkanes) is 1. The zero-order chi connectivity index (χ0) is 13.5. The average molecular weight is 289 g/mol. The van der Waals surface area contributed by atoms with Gasteiger partial charge in [-0.25, -0.2) is 0 Å². The summed E-state index contributed by atoms with van der Waals surface area (Å²) in [5, 5.41) is 1.45. The summed E-state index contributed by atoms with van der Waals surface area (Å²) >= 11 is 12.3. The third kappa shape index (κ3) is 4.13. The van der Waals surface area contributed by atoms with E-state index in [2.05, 4.69) is 18.7 Å². The molecule has 0 aliphatic heterocycles. The van der Waals surface area contributed by atoms with Gasteiger partial charge in [0.2, 0.25) is 0 Å². The molecular formula is C14H22Cl2N2. The topological polar surface area (TPSA) is 29.3 Å². The third-order valence-electron chi connectivity index (χ3n) is 3.19. The van der Waals surface area contributed by atoms with E-state index in [1.54, 1.807) is 0 Å². The Morgan fingerprint density at radius 2 is 2.00 bits per heavy atom. The van der Waals surface area contributed by atoms with Crippen LogP contribution in [0.3, 0.4) is 0 Å². The maximum atomic E-state index is 6.26. The van der Waals surface area contributed by atoms with Crippen molar-refractivity contribution in [1.82, 2.24) is 4.90 Å². The summed E-state index contributed by atoms with van der Waals surface area (Å²) in [6, 6.07) is 5.72. The minimum atomic E-state index is 0.146. The van der Waals surface area contributed by atoms with Crippen LogP contribution in [0.2, 0.25) is 10.0 Å². The fourth-order valence-corrected chi connectivity index (χ4v) is 2.56. The minimum absolute atomic E-state index is 0.146. The molecule has 1 atom stereocenters. The molecule has 0 aromatic heterocycles. The molecular weight excluding hydrogens is 267 g/mol. The summed E-state index contributed by atoms with van der Waals surface area (Å²) in [6.45, 7) is 6.90. The first-order chi connectivity index (χ1) is 8.63. The molecule has 102 valence electrons. The largest absolute Gasteiger partial charge is 0.329 e. The van der Waals surface area contributed by atoms with Gasteiger partial charge >= 0.3 is 0 Å². The molecule has 1 aromatic carbocycles. The van der Waals surface area contributed by atoms with Crippen LogP contribution >= 0.6 is 23.2 Å². The molecule has 0 fully saturated rings. The van der Waals surface area contributed by atoms with Crippen LogP contribution in [0.1, 0.15) is 38.3 Å². The second-order valence-corrected chi connectivity index (χ2v) is 5.24. The van der Waals surface area contributed by atoms with Crippen molar-refractivity contribution >= 4 is 23.2 Å². The van der Waals surface area contributed by atoms with Crippen LogP contribution < -0.4 is 5.73 Å². The lowest BCUT2D eigenvalue weighted by Gasteiger charge is -2.30. The highest BCUT2D eigenvalue weighted by molar-refractivity contribution is 6.33. The van der Waals surface area contributed by atoms with Gasteiger partial charge in [-0.05, 0) is 43.3 Å². The van der Waals surface area contributed by atoms with Gasteiger partial charge in [-0.2, -0.15) is 0 Å². The van der Waals surface area contributed by atoms with Gasteiger partial charge in [0.05, 0.1) is 0 Å². The van der Waals surface area contributed by atoms with Crippen molar-refractivity contribution in [3.05, 3.63) is 33.8 Å². The molecule has 0 radical (unpaired) electrons. The lowest BCUT2D eigenvalue weighted by atomic mass is 10.0. The lowest BCUT2D eigenvalue weighted by Crippen LogP contribution is -2.34. The quantitative estimate of drug-likeness (QED) is 0.818. The predicted octanol–water partition coefficient (Wildman–Crippen LogP) is 4.12. The number of rotatable bonds is 7. The maximum absolute atomic E-state index is 6.26. The van der Waals surface area contributed by atoms with Gasteiger partial charge in [0.25, 0.3) is 0 Å². The summed E-state index contributed by atoms with van der Waals surface area (Å²) in [4.78, 5) is 2.36. The monoisotopic (exact) mass is 288 g/mol. The van der Waals surface area contributed by atoms with Crippen LogP contribution in [-0.2, 0) is 0 Å². The first-order valence-corrected chi connectivity index (χ1v) is 7.28. The summed E-state index contributed by atoms with van der Waals surface area (Å²) in [5.74, 6) is 0. The molecule has 0 amide bonds. The molecule has 0 saturated carbocycles. The second kappa shape index (κ2) is 8.00. The fourth-order valence-electron chi connectivity index (χ4n) is 2.14. The Labute approximate surface area is 120 Å². The first-order valence-electron chi connectivity index (χ1n) is 6.53. The van der Waals surface area contributed by atoms with Gasteiger partial charge in [0.15, 0.2) is 0 Å². The second-order valence-electron chi connectivity index (χ2n) is 4.40. The number of hydrogen-bond acceptors (Lipinski definition) is 2. The maximum Gasteiger partial charge on any atom is 0.0485 e. The summed E-state index contributed by atoms with van der Waals surface area (Å²) in [5.41, 5.74) is 6.96. The molecule has 1 aromatic rings. The zero-order valence-electron chi connectivity index (χ0n) is 11.1. The van der Waals surface area contributed by atoms with Gasteiger partial charge in [-0.1, -0.05) is 43.5 Å². The highest BCUT2D eigenvalue weighted by Crippen LogP contribution is 2.29. The van der Waals surface area contributed by atoms with E-state index >= 15 is 0 Å². The van der Waals surface area contributed by atoms with Crippen molar-refractivity contribution in [3.63, 3.8) is 0 Å². The highest BCUT2D eigenvalue weighted by Gasteiger charge is 2.19. The average Bonchev–Trinajstić information content (AvgIpc) is 2.38. The van der Waals surface area contributed by atoms with Crippen LogP contribution in [0.15, 0.2) is 18.2 Å². The Kier molecular flexibility index (Phi) is 7.02. The van der Waals surface area contributed by atoms with Gasteiger partial charge in [0.1, 0.15) is 0 Å². The molecule has 18 heavy (non-hydrogen) atoms. The van der Waals surface area contributed by atoms with E-state index in [0.29, 0.717) is 11.6 Å². The summed E-state index contributed by atoms with van der Waals surface area (Å²) in [7, 11) is 0. The molecule has 0 bridgehead atoms. The Balaban J connectivity index is 2.95. The smallest absolute Gasteiger partial charge is 0.0485 e. The van der Waals surface area contributed by atoms with Crippen molar-refractivity contribution in [2.45, 2.75) is 32.7 Å². The van der Waals surface area contributed by atoms with Gasteiger partial charge in [-0.3, -0.25) is 4.90 Å². The Bertz CT molecular complexity index is 369. The van der Waals surface area contributed by atoms with Crippen molar-refractivity contribution in [2.75, 3.05) is 19.6 Å². The third-order valence-corrected chi connectivity index (χ3v) is 3.77. The van der Waals surface area contributed by atoms with Crippen molar-refractivity contribution in [1.29, 1.82) is 0 Å². The number of hydrogen-bond donors (Lipinski definition) is 1. The summed E-state index contributed by atoms with van der Waals surface area (Å²) < 4.78 is 0. The number of halogens is 2. The first kappa shape index (κ1) is 15.8. The SMILES string of the molecule is CCCCN(CC)C(CN)c1cc(Cl)ccc1Cl. The fraction of sp³-hybridized carbons (Fsp3) is 0.571. The molecule has 2 nitrogen and oxygen atoms in total. The number of benzene rings is 1. The van der Waals surface area contributed by atoms with Crippen LogP contribution in [0.25, 0.3) is 0 Å². The number of nitrogens with zero attached hydrogens (tertiary/aromatic N) is 1. The molecule has 1 rings (SSSR count). The Morgan fingerprint density at radius 3 is 2.56 bits per heavy atom. The van der Waals surface area contributed by atoms with E-state index in [4.69, 9.17) is 28.9 Å². The molecule has 0 heterocycles. The molecule has 0 spiro atoms. The molecule has 1 unspecified atom stereocenters. The van der Waals surface area contributed by atoms with Crippen molar-refractivity contribution in [3.8, 4) is 0 Å². The molecule has 0 saturated heterocycles. The molecule has 2 N–H and O–H groups in total. The molecule has 0 aliphatic rings. The van der Waals surface area contributed by atoms with Gasteiger partial charge in [-0.15, -0.1) is 0 Å². The molecule has 0 aliphatic carbocycles. The molecule has 4 heteroatoms. The van der Waals surface area contributed by atoms with Gasteiger partial charge < -0.3 is 5.73 Å². The van der Waals surface area contributed by atoms with Crippen molar-refractivity contribution < 1.29 is 0 Å². The Hall–Kier alpha value is -0.280. The standard InChI is InChI=1S/C14H22Cl2N2/c1-3-5-8-18(4-2)14(10-17)12-9-11(15)6-7-13(12)16/h6-7,9,14H,3-5,8,10,17H2,1-2H3. The highest BCUT2D eigenvalue weighted by atomic mass is 35.5. The summed E-state index contributed by atoms with van der Waals surface area (Å²) in [6.07, 6.45) is 2.35. The van der Waals surface area contributed by atoms with E-state index in [0.717, 1.165) is 23.7 Å². The predicted molar refractivity (Wildman–Crippen MR) is 80.4 cm³/mol. The zero-order valence-corrected chi connectivity index (χ0v) is 12.6. The normalized spacial score (nSPS) is 13.0. The van der Waals surface area contributed by atoms with Crippen LogP contribution in [0.4, 0.5) is 0 Å². The van der Waals surface area contributed by atoms with E-state index in [1.165, 1.54) is 12.8 Å². The van der Waals surface area contributed by atoms with Crippen molar-refractivity contribution in [2.24, 2.45) is 5.73 Å². The number of nitrogens with two attached hydrogens (primary N) is 1. The van der Waals surface area contributed by atoms with Crippen LogP contribution in [0.5, 0.6) is 0 Å². The van der Waals surface area contributed by atoms with E-state index in [-0.39, 0.29) is 6.04 Å². The van der Waals surface area contributed by atoms with E-state index < -0.39 is 0 Å². The van der Waals surface area contributed by atoms with Crippen LogP contribution in [-0.4, -0.2) is 24.5 Å². The van der Waals surface area contributed by atoms with Gasteiger partial charge in [0, 0.05) is 22.6 Å². The number of likely N-dealkylation sites (N-methyl/N-ethyl adjacent to an activating group) is 1.